The normalized spacial score (nSPS) is 11.9. The topological polar surface area (TPSA) is 18.5 Å². The van der Waals surface area contributed by atoms with Crippen LogP contribution < -0.4 is 9.47 Å². The van der Waals surface area contributed by atoms with E-state index < -0.39 is 0 Å². The van der Waals surface area contributed by atoms with E-state index in [0.29, 0.717) is 6.79 Å². The van der Waals surface area contributed by atoms with Crippen molar-refractivity contribution in [3.8, 4) is 11.5 Å². The van der Waals surface area contributed by atoms with Gasteiger partial charge in [-0.05, 0) is 18.2 Å². The second-order valence-electron chi connectivity index (χ2n) is 2.04. The number of benzene rings is 1. The van der Waals surface area contributed by atoms with Gasteiger partial charge in [0.2, 0.25) is 6.79 Å². The molecule has 1 heterocycles. The average molecular weight is 184 g/mol. The Balaban J connectivity index is 0.000000336. The summed E-state index contributed by atoms with van der Waals surface area (Å²) in [5.41, 5.74) is 0. The summed E-state index contributed by atoms with van der Waals surface area (Å²) in [6.45, 7) is 4.33. The molecule has 1 aromatic rings. The fourth-order valence-corrected chi connectivity index (χ4v) is 1.08. The third-order valence-corrected chi connectivity index (χ3v) is 1.63. The summed E-state index contributed by atoms with van der Waals surface area (Å²) in [5, 5.41) is 0. The van der Waals surface area contributed by atoms with Gasteiger partial charge in [-0.1, -0.05) is 13.8 Å². The van der Waals surface area contributed by atoms with Gasteiger partial charge in [-0.15, -0.1) is 12.6 Å². The highest BCUT2D eigenvalue weighted by Gasteiger charge is 2.11. The summed E-state index contributed by atoms with van der Waals surface area (Å²) in [6.07, 6.45) is 0. The Kier molecular flexibility index (Phi) is 3.29. The van der Waals surface area contributed by atoms with Gasteiger partial charge in [-0.3, -0.25) is 0 Å². The minimum Gasteiger partial charge on any atom is -0.454 e. The van der Waals surface area contributed by atoms with E-state index in [0.717, 1.165) is 16.4 Å². The maximum absolute atomic E-state index is 5.11. The zero-order chi connectivity index (χ0) is 8.97. The number of rotatable bonds is 0. The van der Waals surface area contributed by atoms with E-state index in [4.69, 9.17) is 9.47 Å². The molecule has 3 heteroatoms. The third kappa shape index (κ3) is 1.85. The monoisotopic (exact) mass is 184 g/mol. The number of ether oxygens (including phenoxy) is 2. The number of fused-ring (bicyclic) bond motifs is 1. The molecule has 0 unspecified atom stereocenters. The minimum atomic E-state index is 0.326. The predicted octanol–water partition coefficient (Wildman–Crippen LogP) is 2.73. The Hall–Kier alpha value is -0.830. The molecule has 0 bridgehead atoms. The maximum atomic E-state index is 5.11. The number of hydrogen-bond donors (Lipinski definition) is 1. The summed E-state index contributed by atoms with van der Waals surface area (Å²) < 4.78 is 10.2. The summed E-state index contributed by atoms with van der Waals surface area (Å²) in [6, 6.07) is 5.56. The molecule has 0 aromatic heterocycles. The van der Waals surface area contributed by atoms with E-state index in [1.807, 2.05) is 32.0 Å². The quantitative estimate of drug-likeness (QED) is 0.625. The molecule has 2 rings (SSSR count). The molecule has 0 fully saturated rings. The average Bonchev–Trinajstić information content (AvgIpc) is 2.54. The van der Waals surface area contributed by atoms with Gasteiger partial charge in [0.1, 0.15) is 0 Å². The van der Waals surface area contributed by atoms with E-state index in [9.17, 15) is 0 Å². The van der Waals surface area contributed by atoms with Crippen LogP contribution >= 0.6 is 12.6 Å². The standard InChI is InChI=1S/C7H6O2S.C2H6/c10-5-1-2-6-7(3-5)9-4-8-6;1-2/h1-3,10H,4H2;1-2H3. The Bertz CT molecular complexity index is 261. The van der Waals surface area contributed by atoms with Crippen LogP contribution in [0.3, 0.4) is 0 Å². The fourth-order valence-electron chi connectivity index (χ4n) is 0.885. The highest BCUT2D eigenvalue weighted by Crippen LogP contribution is 2.33. The Labute approximate surface area is 77.9 Å². The smallest absolute Gasteiger partial charge is 0.231 e. The minimum absolute atomic E-state index is 0.326. The molecule has 1 aromatic carbocycles. The van der Waals surface area contributed by atoms with E-state index in [-0.39, 0.29) is 0 Å². The first-order valence-electron chi connectivity index (χ1n) is 3.95. The van der Waals surface area contributed by atoms with Gasteiger partial charge >= 0.3 is 0 Å². The van der Waals surface area contributed by atoms with Gasteiger partial charge in [0.25, 0.3) is 0 Å². The van der Waals surface area contributed by atoms with Crippen molar-refractivity contribution in [2.24, 2.45) is 0 Å². The van der Waals surface area contributed by atoms with E-state index in [2.05, 4.69) is 12.6 Å². The second-order valence-corrected chi connectivity index (χ2v) is 2.55. The van der Waals surface area contributed by atoms with E-state index in [1.54, 1.807) is 0 Å². The van der Waals surface area contributed by atoms with Crippen LogP contribution in [-0.4, -0.2) is 6.79 Å². The summed E-state index contributed by atoms with van der Waals surface area (Å²) >= 11 is 4.15. The predicted molar refractivity (Wildman–Crippen MR) is 51.2 cm³/mol. The van der Waals surface area contributed by atoms with Crippen LogP contribution in [0.25, 0.3) is 0 Å². The van der Waals surface area contributed by atoms with Gasteiger partial charge in [0.15, 0.2) is 11.5 Å². The number of hydrogen-bond acceptors (Lipinski definition) is 3. The molecule has 1 aliphatic rings. The van der Waals surface area contributed by atoms with Crippen molar-refractivity contribution < 1.29 is 9.47 Å². The Morgan fingerprint density at radius 3 is 2.58 bits per heavy atom. The summed E-state index contributed by atoms with van der Waals surface area (Å²) in [5.74, 6) is 1.59. The lowest BCUT2D eigenvalue weighted by molar-refractivity contribution is 0.174. The van der Waals surface area contributed by atoms with Gasteiger partial charge in [0.05, 0.1) is 0 Å². The molecule has 0 amide bonds. The first-order valence-corrected chi connectivity index (χ1v) is 4.39. The summed E-state index contributed by atoms with van der Waals surface area (Å²) in [7, 11) is 0. The third-order valence-electron chi connectivity index (χ3n) is 1.36. The first-order chi connectivity index (χ1) is 5.86. The molecule has 0 aliphatic carbocycles. The molecule has 2 nitrogen and oxygen atoms in total. The van der Waals surface area contributed by atoms with Gasteiger partial charge in [-0.25, -0.2) is 0 Å². The van der Waals surface area contributed by atoms with Crippen LogP contribution in [0.2, 0.25) is 0 Å². The lowest BCUT2D eigenvalue weighted by Gasteiger charge is -1.94. The van der Waals surface area contributed by atoms with Crippen molar-refractivity contribution >= 4 is 12.6 Å². The van der Waals surface area contributed by atoms with Crippen molar-refractivity contribution in [2.45, 2.75) is 18.7 Å². The van der Waals surface area contributed by atoms with Gasteiger partial charge in [0, 0.05) is 4.90 Å². The molecule has 0 N–H and O–H groups in total. The molecule has 0 atom stereocenters. The van der Waals surface area contributed by atoms with Crippen LogP contribution in [-0.2, 0) is 0 Å². The first kappa shape index (κ1) is 9.26. The molecule has 0 spiro atoms. The SMILES string of the molecule is CC.Sc1ccc2c(c1)OCO2. The second kappa shape index (κ2) is 4.26. The molecular weight excluding hydrogens is 172 g/mol. The van der Waals surface area contributed by atoms with Crippen LogP contribution in [0.1, 0.15) is 13.8 Å². The van der Waals surface area contributed by atoms with Crippen LogP contribution in [0.15, 0.2) is 23.1 Å². The van der Waals surface area contributed by atoms with Crippen LogP contribution in [0, 0.1) is 0 Å². The molecular formula is C9H12O2S. The summed E-state index contributed by atoms with van der Waals surface area (Å²) in [4.78, 5) is 0.893. The molecule has 66 valence electrons. The van der Waals surface area contributed by atoms with Crippen molar-refractivity contribution in [2.75, 3.05) is 6.79 Å². The molecule has 12 heavy (non-hydrogen) atoms. The Morgan fingerprint density at radius 1 is 1.17 bits per heavy atom. The van der Waals surface area contributed by atoms with Gasteiger partial charge in [-0.2, -0.15) is 0 Å². The highest BCUT2D eigenvalue weighted by atomic mass is 32.1. The maximum Gasteiger partial charge on any atom is 0.231 e. The lowest BCUT2D eigenvalue weighted by atomic mass is 10.3. The van der Waals surface area contributed by atoms with Crippen molar-refractivity contribution in [3.05, 3.63) is 18.2 Å². The zero-order valence-electron chi connectivity index (χ0n) is 7.20. The highest BCUT2D eigenvalue weighted by molar-refractivity contribution is 7.80. The van der Waals surface area contributed by atoms with E-state index >= 15 is 0 Å². The molecule has 0 radical (unpaired) electrons. The van der Waals surface area contributed by atoms with Crippen molar-refractivity contribution in [1.82, 2.24) is 0 Å². The van der Waals surface area contributed by atoms with Crippen molar-refractivity contribution in [3.63, 3.8) is 0 Å². The molecule has 0 saturated heterocycles. The molecule has 0 saturated carbocycles. The van der Waals surface area contributed by atoms with Crippen LogP contribution in [0.5, 0.6) is 11.5 Å². The van der Waals surface area contributed by atoms with Crippen LogP contribution in [0.4, 0.5) is 0 Å². The Morgan fingerprint density at radius 2 is 1.83 bits per heavy atom. The zero-order valence-corrected chi connectivity index (χ0v) is 8.10. The fraction of sp³-hybridized carbons (Fsp3) is 0.333. The van der Waals surface area contributed by atoms with Gasteiger partial charge < -0.3 is 9.47 Å². The van der Waals surface area contributed by atoms with Crippen molar-refractivity contribution in [1.29, 1.82) is 0 Å². The number of thiol groups is 1. The van der Waals surface area contributed by atoms with E-state index in [1.165, 1.54) is 0 Å². The largest absolute Gasteiger partial charge is 0.454 e. The molecule has 1 aliphatic heterocycles. The lowest BCUT2D eigenvalue weighted by Crippen LogP contribution is -1.92.